The standard InChI is InChI=1S/C16H11F5N4OS/c1-8(14(26)22-13-10(17)3-2-4-11(13)18)27-15-24-23-12-6-5-9(7-25(12)15)16(19,20)21/h2-8H,1H3,(H,22,26)/t8-/m0/s1. The van der Waals surface area contributed by atoms with Crippen molar-refractivity contribution < 1.29 is 26.7 Å². The fourth-order valence-electron chi connectivity index (χ4n) is 2.17. The molecular weight excluding hydrogens is 391 g/mol. The lowest BCUT2D eigenvalue weighted by Gasteiger charge is -2.12. The first-order valence-electron chi connectivity index (χ1n) is 7.50. The van der Waals surface area contributed by atoms with Gasteiger partial charge in [-0.05, 0) is 31.2 Å². The Morgan fingerprint density at radius 1 is 1.15 bits per heavy atom. The summed E-state index contributed by atoms with van der Waals surface area (Å²) >= 11 is 0.803. The third-order valence-electron chi connectivity index (χ3n) is 3.56. The van der Waals surface area contributed by atoms with Crippen LogP contribution in [-0.2, 0) is 11.0 Å². The zero-order valence-electron chi connectivity index (χ0n) is 13.6. The van der Waals surface area contributed by atoms with Crippen molar-refractivity contribution in [3.63, 3.8) is 0 Å². The van der Waals surface area contributed by atoms with E-state index >= 15 is 0 Å². The first-order valence-corrected chi connectivity index (χ1v) is 8.38. The number of thioether (sulfide) groups is 1. The fraction of sp³-hybridized carbons (Fsp3) is 0.188. The van der Waals surface area contributed by atoms with E-state index in [0.29, 0.717) is 0 Å². The summed E-state index contributed by atoms with van der Waals surface area (Å²) in [5.74, 6) is -2.63. The van der Waals surface area contributed by atoms with Crippen molar-refractivity contribution in [3.8, 4) is 0 Å². The topological polar surface area (TPSA) is 59.3 Å². The van der Waals surface area contributed by atoms with E-state index < -0.39 is 40.2 Å². The van der Waals surface area contributed by atoms with E-state index in [-0.39, 0.29) is 10.8 Å². The van der Waals surface area contributed by atoms with Crippen LogP contribution >= 0.6 is 11.8 Å². The molecule has 2 aromatic heterocycles. The fourth-order valence-corrected chi connectivity index (χ4v) is 3.00. The average molecular weight is 402 g/mol. The number of carbonyl (C=O) groups is 1. The minimum Gasteiger partial charge on any atom is -0.320 e. The summed E-state index contributed by atoms with van der Waals surface area (Å²) in [4.78, 5) is 12.2. The van der Waals surface area contributed by atoms with Crippen LogP contribution in [0.15, 0.2) is 41.7 Å². The Kier molecular flexibility index (Phi) is 5.05. The molecule has 0 bridgehead atoms. The van der Waals surface area contributed by atoms with Gasteiger partial charge in [0.05, 0.1) is 10.8 Å². The second-order valence-electron chi connectivity index (χ2n) is 5.47. The van der Waals surface area contributed by atoms with Crippen LogP contribution in [0.4, 0.5) is 27.6 Å². The summed E-state index contributed by atoms with van der Waals surface area (Å²) in [6.07, 6.45) is -3.73. The molecule has 0 radical (unpaired) electrons. The van der Waals surface area contributed by atoms with Crippen molar-refractivity contribution in [2.75, 3.05) is 5.32 Å². The Labute approximate surface area is 153 Å². The molecule has 1 amide bonds. The Balaban J connectivity index is 1.81. The van der Waals surface area contributed by atoms with Crippen LogP contribution in [0.5, 0.6) is 0 Å². The Hall–Kier alpha value is -2.69. The SMILES string of the molecule is C[C@H](Sc1nnc2ccc(C(F)(F)F)cn12)C(=O)Nc1c(F)cccc1F. The normalized spacial score (nSPS) is 13.0. The largest absolute Gasteiger partial charge is 0.417 e. The molecule has 0 saturated heterocycles. The molecule has 0 aliphatic rings. The third kappa shape index (κ3) is 4.02. The zero-order chi connectivity index (χ0) is 19.8. The van der Waals surface area contributed by atoms with Crippen molar-refractivity contribution in [1.82, 2.24) is 14.6 Å². The van der Waals surface area contributed by atoms with Gasteiger partial charge in [-0.2, -0.15) is 13.2 Å². The number of alkyl halides is 3. The highest BCUT2D eigenvalue weighted by molar-refractivity contribution is 8.00. The molecule has 1 atom stereocenters. The number of benzene rings is 1. The minimum atomic E-state index is -4.55. The van der Waals surface area contributed by atoms with Crippen LogP contribution in [0.3, 0.4) is 0 Å². The second-order valence-corrected chi connectivity index (χ2v) is 6.78. The maximum absolute atomic E-state index is 13.6. The summed E-state index contributed by atoms with van der Waals surface area (Å²) in [7, 11) is 0. The van der Waals surface area contributed by atoms with Crippen molar-refractivity contribution >= 4 is 29.0 Å². The molecule has 2 heterocycles. The highest BCUT2D eigenvalue weighted by Gasteiger charge is 2.31. The number of halogens is 5. The average Bonchev–Trinajstić information content (AvgIpc) is 2.99. The van der Waals surface area contributed by atoms with Gasteiger partial charge in [0.1, 0.15) is 17.3 Å². The molecule has 0 unspecified atom stereocenters. The Bertz CT molecular complexity index is 984. The molecule has 0 aliphatic carbocycles. The van der Waals surface area contributed by atoms with Crippen LogP contribution < -0.4 is 5.32 Å². The van der Waals surface area contributed by atoms with Crippen molar-refractivity contribution in [1.29, 1.82) is 0 Å². The first-order chi connectivity index (χ1) is 12.7. The molecule has 0 fully saturated rings. The number of rotatable bonds is 4. The third-order valence-corrected chi connectivity index (χ3v) is 4.62. The van der Waals surface area contributed by atoms with Gasteiger partial charge in [0.15, 0.2) is 10.8 Å². The summed E-state index contributed by atoms with van der Waals surface area (Å²) in [6, 6.07) is 5.15. The Morgan fingerprint density at radius 3 is 2.44 bits per heavy atom. The van der Waals surface area contributed by atoms with Gasteiger partial charge in [-0.15, -0.1) is 10.2 Å². The van der Waals surface area contributed by atoms with Crippen LogP contribution in [0.25, 0.3) is 5.65 Å². The van der Waals surface area contributed by atoms with Gasteiger partial charge in [0.2, 0.25) is 5.91 Å². The van der Waals surface area contributed by atoms with Gasteiger partial charge < -0.3 is 5.32 Å². The van der Waals surface area contributed by atoms with Crippen molar-refractivity contribution in [2.45, 2.75) is 23.5 Å². The molecule has 11 heteroatoms. The number of aromatic nitrogens is 3. The lowest BCUT2D eigenvalue weighted by Crippen LogP contribution is -2.24. The summed E-state index contributed by atoms with van der Waals surface area (Å²) in [6.45, 7) is 1.42. The molecule has 3 rings (SSSR count). The summed E-state index contributed by atoms with van der Waals surface area (Å²) in [5, 5.41) is 8.75. The van der Waals surface area contributed by atoms with E-state index in [1.54, 1.807) is 0 Å². The number of fused-ring (bicyclic) bond motifs is 1. The summed E-state index contributed by atoms with van der Waals surface area (Å²) < 4.78 is 66.9. The van der Waals surface area contributed by atoms with Gasteiger partial charge >= 0.3 is 6.18 Å². The number of nitrogens with one attached hydrogen (secondary N) is 1. The smallest absolute Gasteiger partial charge is 0.320 e. The van der Waals surface area contributed by atoms with Gasteiger partial charge in [0, 0.05) is 6.20 Å². The van der Waals surface area contributed by atoms with Crippen molar-refractivity contribution in [2.24, 2.45) is 0 Å². The highest BCUT2D eigenvalue weighted by atomic mass is 32.2. The molecule has 1 N–H and O–H groups in total. The highest BCUT2D eigenvalue weighted by Crippen LogP contribution is 2.31. The molecule has 1 aromatic carbocycles. The number of amides is 1. The molecule has 0 aliphatic heterocycles. The quantitative estimate of drug-likeness (QED) is 0.526. The number of carbonyl (C=O) groups excluding carboxylic acids is 1. The second kappa shape index (κ2) is 7.14. The maximum Gasteiger partial charge on any atom is 0.417 e. The number of hydrogen-bond acceptors (Lipinski definition) is 4. The van der Waals surface area contributed by atoms with E-state index in [9.17, 15) is 26.7 Å². The van der Waals surface area contributed by atoms with Gasteiger partial charge in [-0.25, -0.2) is 8.78 Å². The van der Waals surface area contributed by atoms with E-state index in [4.69, 9.17) is 0 Å². The molecule has 3 aromatic rings. The van der Waals surface area contributed by atoms with E-state index in [0.717, 1.165) is 52.7 Å². The number of pyridine rings is 1. The zero-order valence-corrected chi connectivity index (χ0v) is 14.4. The predicted octanol–water partition coefficient (Wildman–Crippen LogP) is 4.15. The molecule has 0 spiro atoms. The number of nitrogens with zero attached hydrogens (tertiary/aromatic N) is 3. The molecule has 27 heavy (non-hydrogen) atoms. The van der Waals surface area contributed by atoms with Gasteiger partial charge in [0.25, 0.3) is 0 Å². The van der Waals surface area contributed by atoms with Crippen LogP contribution in [0.1, 0.15) is 12.5 Å². The van der Waals surface area contributed by atoms with Gasteiger partial charge in [-0.3, -0.25) is 9.20 Å². The van der Waals surface area contributed by atoms with Crippen LogP contribution in [0, 0.1) is 11.6 Å². The molecular formula is C16H11F5N4OS. The van der Waals surface area contributed by atoms with Gasteiger partial charge in [-0.1, -0.05) is 17.8 Å². The number of hydrogen-bond donors (Lipinski definition) is 1. The minimum absolute atomic E-state index is 0.0350. The lowest BCUT2D eigenvalue weighted by molar-refractivity contribution is -0.137. The number of para-hydroxylation sites is 1. The monoisotopic (exact) mass is 402 g/mol. The molecule has 142 valence electrons. The Morgan fingerprint density at radius 2 is 1.81 bits per heavy atom. The van der Waals surface area contributed by atoms with E-state index in [2.05, 4.69) is 15.5 Å². The molecule has 0 saturated carbocycles. The molecule has 5 nitrogen and oxygen atoms in total. The van der Waals surface area contributed by atoms with Crippen LogP contribution in [-0.4, -0.2) is 25.8 Å². The van der Waals surface area contributed by atoms with E-state index in [1.165, 1.54) is 6.92 Å². The lowest BCUT2D eigenvalue weighted by atomic mass is 10.3. The predicted molar refractivity (Wildman–Crippen MR) is 88.3 cm³/mol. The van der Waals surface area contributed by atoms with E-state index in [1.807, 2.05) is 0 Å². The van der Waals surface area contributed by atoms with Crippen LogP contribution in [0.2, 0.25) is 0 Å². The van der Waals surface area contributed by atoms with Crippen molar-refractivity contribution in [3.05, 3.63) is 53.7 Å². The maximum atomic E-state index is 13.6. The summed E-state index contributed by atoms with van der Waals surface area (Å²) in [5.41, 5.74) is -1.33. The first kappa shape index (κ1) is 19.1. The number of anilines is 1.